The van der Waals surface area contributed by atoms with Crippen LogP contribution in [0, 0.1) is 0 Å². The van der Waals surface area contributed by atoms with Crippen LogP contribution in [0.1, 0.15) is 24.2 Å². The Hall–Kier alpha value is -1.26. The Kier molecular flexibility index (Phi) is 5.25. The van der Waals surface area contributed by atoms with Crippen molar-refractivity contribution in [1.29, 1.82) is 0 Å². The first-order chi connectivity index (χ1) is 8.06. The average molecular weight is 258 g/mol. The molecule has 17 heavy (non-hydrogen) atoms. The summed E-state index contributed by atoms with van der Waals surface area (Å²) in [7, 11) is 0. The molecule has 4 nitrogen and oxygen atoms in total. The minimum Gasteiger partial charge on any atom is -0.457 e. The van der Waals surface area contributed by atoms with Gasteiger partial charge in [0.1, 0.15) is 6.10 Å². The zero-order chi connectivity index (χ0) is 12.8. The first-order valence-electron chi connectivity index (χ1n) is 5.39. The van der Waals surface area contributed by atoms with Crippen LogP contribution >= 0.6 is 11.6 Å². The lowest BCUT2D eigenvalue weighted by Gasteiger charge is -2.14. The predicted molar refractivity (Wildman–Crippen MR) is 67.2 cm³/mol. The highest BCUT2D eigenvalue weighted by Crippen LogP contribution is 2.23. The summed E-state index contributed by atoms with van der Waals surface area (Å²) in [6.45, 7) is 4.59. The molecule has 0 aliphatic rings. The van der Waals surface area contributed by atoms with Gasteiger partial charge in [-0.25, -0.2) is 4.79 Å². The number of benzene rings is 1. The number of esters is 1. The Balaban J connectivity index is 2.67. The van der Waals surface area contributed by atoms with E-state index >= 15 is 0 Å². The van der Waals surface area contributed by atoms with E-state index in [0.29, 0.717) is 18.2 Å². The van der Waals surface area contributed by atoms with Gasteiger partial charge in [0, 0.05) is 6.61 Å². The average Bonchev–Trinajstić information content (AvgIpc) is 2.29. The van der Waals surface area contributed by atoms with Crippen molar-refractivity contribution in [2.75, 3.05) is 18.9 Å². The molecule has 1 aromatic rings. The highest BCUT2D eigenvalue weighted by molar-refractivity contribution is 6.33. The van der Waals surface area contributed by atoms with Crippen LogP contribution in [0.15, 0.2) is 18.2 Å². The number of carbonyl (C=O) groups is 1. The lowest BCUT2D eigenvalue weighted by molar-refractivity contribution is 0.00449. The number of carbonyl (C=O) groups excluding carboxylic acids is 1. The van der Waals surface area contributed by atoms with Gasteiger partial charge in [0.15, 0.2) is 0 Å². The van der Waals surface area contributed by atoms with E-state index in [2.05, 4.69) is 0 Å². The molecule has 94 valence electrons. The van der Waals surface area contributed by atoms with Crippen molar-refractivity contribution in [3.63, 3.8) is 0 Å². The van der Waals surface area contributed by atoms with Crippen molar-refractivity contribution in [3.8, 4) is 0 Å². The molecule has 0 aliphatic carbocycles. The van der Waals surface area contributed by atoms with Crippen molar-refractivity contribution in [3.05, 3.63) is 28.8 Å². The third kappa shape index (κ3) is 3.91. The molecular weight excluding hydrogens is 242 g/mol. The number of halogens is 1. The quantitative estimate of drug-likeness (QED) is 0.650. The molecule has 0 amide bonds. The molecule has 0 saturated heterocycles. The van der Waals surface area contributed by atoms with Gasteiger partial charge in [-0.3, -0.25) is 0 Å². The zero-order valence-corrected chi connectivity index (χ0v) is 10.7. The van der Waals surface area contributed by atoms with Crippen LogP contribution in [-0.2, 0) is 9.47 Å². The van der Waals surface area contributed by atoms with Crippen LogP contribution in [0.5, 0.6) is 0 Å². The number of anilines is 1. The maximum atomic E-state index is 11.8. The molecule has 0 fully saturated rings. The summed E-state index contributed by atoms with van der Waals surface area (Å²) < 4.78 is 10.3. The topological polar surface area (TPSA) is 61.5 Å². The van der Waals surface area contributed by atoms with E-state index in [1.54, 1.807) is 25.1 Å². The van der Waals surface area contributed by atoms with Crippen molar-refractivity contribution in [2.24, 2.45) is 0 Å². The fourth-order valence-corrected chi connectivity index (χ4v) is 1.45. The number of nitrogen functional groups attached to an aromatic ring is 1. The molecule has 5 heteroatoms. The van der Waals surface area contributed by atoms with E-state index < -0.39 is 5.97 Å². The molecule has 1 atom stereocenters. The van der Waals surface area contributed by atoms with Crippen LogP contribution < -0.4 is 5.73 Å². The molecule has 0 radical (unpaired) electrons. The first-order valence-corrected chi connectivity index (χ1v) is 5.76. The molecule has 1 rings (SSSR count). The van der Waals surface area contributed by atoms with Crippen LogP contribution in [0.2, 0.25) is 5.02 Å². The number of ether oxygens (including phenoxy) is 2. The molecule has 0 bridgehead atoms. The molecule has 0 aliphatic heterocycles. The Labute approximate surface area is 106 Å². The van der Waals surface area contributed by atoms with Crippen LogP contribution in [0.4, 0.5) is 5.69 Å². The van der Waals surface area contributed by atoms with Crippen molar-refractivity contribution in [1.82, 2.24) is 0 Å². The summed E-state index contributed by atoms with van der Waals surface area (Å²) in [4.78, 5) is 11.8. The van der Waals surface area contributed by atoms with Gasteiger partial charge < -0.3 is 15.2 Å². The summed E-state index contributed by atoms with van der Waals surface area (Å²) >= 11 is 5.82. The maximum absolute atomic E-state index is 11.8. The standard InChI is InChI=1S/C12H16ClNO3/c1-3-16-7-8(2)17-12(15)9-5-4-6-10(13)11(9)14/h4-6,8H,3,7,14H2,1-2H3. The lowest BCUT2D eigenvalue weighted by Crippen LogP contribution is -2.21. The minimum absolute atomic E-state index is 0.239. The number of nitrogens with two attached hydrogens (primary N) is 1. The zero-order valence-electron chi connectivity index (χ0n) is 9.90. The fraction of sp³-hybridized carbons (Fsp3) is 0.417. The Morgan fingerprint density at radius 2 is 2.24 bits per heavy atom. The smallest absolute Gasteiger partial charge is 0.340 e. The first kappa shape index (κ1) is 13.8. The van der Waals surface area contributed by atoms with E-state index in [1.165, 1.54) is 0 Å². The van der Waals surface area contributed by atoms with Gasteiger partial charge in [0.25, 0.3) is 0 Å². The normalized spacial score (nSPS) is 12.2. The summed E-state index contributed by atoms with van der Waals surface area (Å²) in [6.07, 6.45) is -0.319. The van der Waals surface area contributed by atoms with E-state index in [9.17, 15) is 4.79 Å². The van der Waals surface area contributed by atoms with Gasteiger partial charge in [-0.05, 0) is 26.0 Å². The van der Waals surface area contributed by atoms with E-state index in [0.717, 1.165) is 0 Å². The number of rotatable bonds is 5. The third-order valence-corrected chi connectivity index (χ3v) is 2.47. The summed E-state index contributed by atoms with van der Waals surface area (Å²) in [5, 5.41) is 0.344. The number of hydrogen-bond donors (Lipinski definition) is 1. The molecule has 2 N–H and O–H groups in total. The molecule has 0 saturated carbocycles. The minimum atomic E-state index is -0.489. The van der Waals surface area contributed by atoms with E-state index in [4.69, 9.17) is 26.8 Å². The molecule has 1 unspecified atom stereocenters. The third-order valence-electron chi connectivity index (χ3n) is 2.14. The van der Waals surface area contributed by atoms with Crippen molar-refractivity contribution in [2.45, 2.75) is 20.0 Å². The van der Waals surface area contributed by atoms with Gasteiger partial charge in [-0.1, -0.05) is 17.7 Å². The fourth-order valence-electron chi connectivity index (χ4n) is 1.28. The van der Waals surface area contributed by atoms with Gasteiger partial charge >= 0.3 is 5.97 Å². The summed E-state index contributed by atoms with van der Waals surface area (Å²) in [5.41, 5.74) is 6.21. The maximum Gasteiger partial charge on any atom is 0.340 e. The largest absolute Gasteiger partial charge is 0.457 e. The van der Waals surface area contributed by atoms with Crippen molar-refractivity contribution >= 4 is 23.3 Å². The summed E-state index contributed by atoms with van der Waals surface area (Å²) in [6, 6.07) is 4.86. The predicted octanol–water partition coefficient (Wildman–Crippen LogP) is 2.50. The Bertz CT molecular complexity index is 395. The molecular formula is C12H16ClNO3. The molecule has 0 heterocycles. The SMILES string of the molecule is CCOCC(C)OC(=O)c1cccc(Cl)c1N. The highest BCUT2D eigenvalue weighted by Gasteiger charge is 2.16. The van der Waals surface area contributed by atoms with Gasteiger partial charge in [-0.15, -0.1) is 0 Å². The van der Waals surface area contributed by atoms with Gasteiger partial charge in [0.05, 0.1) is 22.9 Å². The van der Waals surface area contributed by atoms with Gasteiger partial charge in [-0.2, -0.15) is 0 Å². The second-order valence-electron chi connectivity index (χ2n) is 3.58. The Morgan fingerprint density at radius 3 is 2.88 bits per heavy atom. The lowest BCUT2D eigenvalue weighted by atomic mass is 10.2. The van der Waals surface area contributed by atoms with Crippen molar-refractivity contribution < 1.29 is 14.3 Å². The molecule has 0 spiro atoms. The summed E-state index contributed by atoms with van der Waals surface area (Å²) in [5.74, 6) is -0.489. The highest BCUT2D eigenvalue weighted by atomic mass is 35.5. The monoisotopic (exact) mass is 257 g/mol. The van der Waals surface area contributed by atoms with Crippen LogP contribution in [-0.4, -0.2) is 25.3 Å². The Morgan fingerprint density at radius 1 is 1.53 bits per heavy atom. The van der Waals surface area contributed by atoms with Crippen LogP contribution in [0.25, 0.3) is 0 Å². The van der Waals surface area contributed by atoms with Crippen LogP contribution in [0.3, 0.4) is 0 Å². The van der Waals surface area contributed by atoms with E-state index in [-0.39, 0.29) is 17.4 Å². The van der Waals surface area contributed by atoms with Gasteiger partial charge in [0.2, 0.25) is 0 Å². The number of para-hydroxylation sites is 1. The van der Waals surface area contributed by atoms with E-state index in [1.807, 2.05) is 6.92 Å². The number of hydrogen-bond acceptors (Lipinski definition) is 4. The second kappa shape index (κ2) is 6.47. The second-order valence-corrected chi connectivity index (χ2v) is 3.98. The molecule has 0 aromatic heterocycles. The molecule has 1 aromatic carbocycles.